The molecule has 1 aromatic heterocycles. The number of nitrogens with zero attached hydrogens (tertiary/aromatic N) is 6. The summed E-state index contributed by atoms with van der Waals surface area (Å²) in [5.41, 5.74) is 7.03. The van der Waals surface area contributed by atoms with E-state index >= 15 is 0 Å². The molecule has 1 amide bonds. The molecule has 9 nitrogen and oxygen atoms in total. The number of ether oxygens (including phenoxy) is 1. The maximum atomic E-state index is 12.8. The zero-order valence-corrected chi connectivity index (χ0v) is 18.9. The summed E-state index contributed by atoms with van der Waals surface area (Å²) in [6, 6.07) is 7.89. The zero-order valence-electron chi connectivity index (χ0n) is 18.9. The van der Waals surface area contributed by atoms with E-state index in [2.05, 4.69) is 26.8 Å². The number of rotatable bonds is 7. The zero-order chi connectivity index (χ0) is 22.4. The maximum Gasteiger partial charge on any atom is 0.229 e. The second-order valence-corrected chi connectivity index (χ2v) is 8.04. The standard InChI is InChI=1S/C22H33N7O2/c1-16(20-24-21(23)26-22(25-20)27(2)3)28-12-5-13-29(15-14-28)19(30)11-8-17-6-9-18(31-4)10-7-17/h6-7,9-10,16H,5,8,11-15H2,1-4H3,(H2,23,24,25,26). The number of nitrogen functional groups attached to an aromatic ring is 1. The Balaban J connectivity index is 1.56. The van der Waals surface area contributed by atoms with E-state index in [-0.39, 0.29) is 17.9 Å². The number of anilines is 2. The molecule has 0 spiro atoms. The van der Waals surface area contributed by atoms with Crippen LogP contribution in [0.15, 0.2) is 24.3 Å². The van der Waals surface area contributed by atoms with E-state index in [1.54, 1.807) is 7.11 Å². The number of nitrogens with two attached hydrogens (primary N) is 1. The van der Waals surface area contributed by atoms with E-state index in [0.29, 0.717) is 24.7 Å². The highest BCUT2D eigenvalue weighted by atomic mass is 16.5. The van der Waals surface area contributed by atoms with Crippen LogP contribution >= 0.6 is 0 Å². The highest BCUT2D eigenvalue weighted by Gasteiger charge is 2.25. The molecule has 0 aliphatic carbocycles. The van der Waals surface area contributed by atoms with Crippen molar-refractivity contribution in [3.8, 4) is 5.75 Å². The first-order valence-electron chi connectivity index (χ1n) is 10.7. The number of methoxy groups -OCH3 is 1. The molecular formula is C22H33N7O2. The molecule has 2 heterocycles. The molecule has 2 N–H and O–H groups in total. The number of aromatic nitrogens is 3. The van der Waals surface area contributed by atoms with Gasteiger partial charge in [0.1, 0.15) is 5.75 Å². The van der Waals surface area contributed by atoms with Crippen molar-refractivity contribution >= 4 is 17.8 Å². The van der Waals surface area contributed by atoms with Crippen molar-refractivity contribution in [2.24, 2.45) is 0 Å². The van der Waals surface area contributed by atoms with Crippen molar-refractivity contribution in [2.45, 2.75) is 32.2 Å². The fourth-order valence-electron chi connectivity index (χ4n) is 3.72. The van der Waals surface area contributed by atoms with Crippen LogP contribution in [0.3, 0.4) is 0 Å². The van der Waals surface area contributed by atoms with Crippen LogP contribution in [0, 0.1) is 0 Å². The third kappa shape index (κ3) is 6.04. The number of aryl methyl sites for hydroxylation is 1. The molecule has 0 saturated carbocycles. The first kappa shape index (κ1) is 22.7. The van der Waals surface area contributed by atoms with Crippen LogP contribution in [0.5, 0.6) is 5.75 Å². The van der Waals surface area contributed by atoms with Crippen molar-refractivity contribution in [3.05, 3.63) is 35.7 Å². The van der Waals surface area contributed by atoms with Crippen LogP contribution in [0.4, 0.5) is 11.9 Å². The first-order chi connectivity index (χ1) is 14.9. The molecule has 1 saturated heterocycles. The third-order valence-electron chi connectivity index (χ3n) is 5.65. The predicted molar refractivity (Wildman–Crippen MR) is 121 cm³/mol. The van der Waals surface area contributed by atoms with E-state index < -0.39 is 0 Å². The molecule has 168 valence electrons. The van der Waals surface area contributed by atoms with Gasteiger partial charge in [0.2, 0.25) is 17.8 Å². The normalized spacial score (nSPS) is 15.9. The molecule has 1 aromatic carbocycles. The summed E-state index contributed by atoms with van der Waals surface area (Å²) in [6.45, 7) is 5.21. The SMILES string of the molecule is COc1ccc(CCC(=O)N2CCCN(C(C)c3nc(N)nc(N(C)C)n3)CC2)cc1. The van der Waals surface area contributed by atoms with Crippen LogP contribution < -0.4 is 15.4 Å². The molecule has 1 atom stereocenters. The van der Waals surface area contributed by atoms with Gasteiger partial charge in [0, 0.05) is 46.7 Å². The lowest BCUT2D eigenvalue weighted by atomic mass is 10.1. The van der Waals surface area contributed by atoms with E-state index in [0.717, 1.165) is 43.8 Å². The fourth-order valence-corrected chi connectivity index (χ4v) is 3.72. The van der Waals surface area contributed by atoms with Crippen molar-refractivity contribution in [3.63, 3.8) is 0 Å². The van der Waals surface area contributed by atoms with Gasteiger partial charge in [0.05, 0.1) is 13.2 Å². The van der Waals surface area contributed by atoms with Gasteiger partial charge in [-0.2, -0.15) is 15.0 Å². The second kappa shape index (κ2) is 10.4. The Morgan fingerprint density at radius 1 is 1.13 bits per heavy atom. The quantitative estimate of drug-likeness (QED) is 0.713. The molecule has 31 heavy (non-hydrogen) atoms. The van der Waals surface area contributed by atoms with Gasteiger partial charge >= 0.3 is 0 Å². The summed E-state index contributed by atoms with van der Waals surface area (Å²) < 4.78 is 5.19. The highest BCUT2D eigenvalue weighted by molar-refractivity contribution is 5.76. The van der Waals surface area contributed by atoms with Crippen LogP contribution in [0.2, 0.25) is 0 Å². The summed E-state index contributed by atoms with van der Waals surface area (Å²) in [4.78, 5) is 32.0. The summed E-state index contributed by atoms with van der Waals surface area (Å²) in [5, 5.41) is 0. The molecule has 1 aliphatic heterocycles. The van der Waals surface area contributed by atoms with Crippen LogP contribution in [0.25, 0.3) is 0 Å². The van der Waals surface area contributed by atoms with Crippen LogP contribution in [-0.2, 0) is 11.2 Å². The van der Waals surface area contributed by atoms with Gasteiger partial charge in [0.25, 0.3) is 0 Å². The smallest absolute Gasteiger partial charge is 0.229 e. The van der Waals surface area contributed by atoms with Gasteiger partial charge in [-0.1, -0.05) is 12.1 Å². The first-order valence-corrected chi connectivity index (χ1v) is 10.7. The Morgan fingerprint density at radius 3 is 2.55 bits per heavy atom. The van der Waals surface area contributed by atoms with Gasteiger partial charge in [-0.05, 0) is 37.5 Å². The van der Waals surface area contributed by atoms with Crippen molar-refractivity contribution < 1.29 is 9.53 Å². The average Bonchev–Trinajstić information content (AvgIpc) is 3.03. The van der Waals surface area contributed by atoms with Gasteiger partial charge in [0.15, 0.2) is 5.82 Å². The van der Waals surface area contributed by atoms with Gasteiger partial charge < -0.3 is 20.3 Å². The molecule has 1 unspecified atom stereocenters. The molecule has 2 aromatic rings. The molecular weight excluding hydrogens is 394 g/mol. The van der Waals surface area contributed by atoms with Crippen LogP contribution in [-0.4, -0.2) is 78.0 Å². The average molecular weight is 428 g/mol. The summed E-state index contributed by atoms with van der Waals surface area (Å²) >= 11 is 0. The minimum Gasteiger partial charge on any atom is -0.497 e. The molecule has 3 rings (SSSR count). The minimum atomic E-state index is -0.00153. The topological polar surface area (TPSA) is 101 Å². The number of amides is 1. The minimum absolute atomic E-state index is 0.00153. The molecule has 0 bridgehead atoms. The van der Waals surface area contributed by atoms with Gasteiger partial charge in [-0.3, -0.25) is 9.69 Å². The number of hydrogen-bond acceptors (Lipinski definition) is 8. The van der Waals surface area contributed by atoms with Crippen molar-refractivity contribution in [2.75, 3.05) is 58.0 Å². The Hall–Kier alpha value is -2.94. The number of benzene rings is 1. The van der Waals surface area contributed by atoms with Crippen LogP contribution in [0.1, 0.15) is 37.2 Å². The molecule has 1 fully saturated rings. The number of carbonyl (C=O) groups is 1. The molecule has 9 heteroatoms. The summed E-state index contributed by atoms with van der Waals surface area (Å²) in [5.74, 6) is 2.47. The summed E-state index contributed by atoms with van der Waals surface area (Å²) in [6.07, 6.45) is 2.16. The fraction of sp³-hybridized carbons (Fsp3) is 0.545. The van der Waals surface area contributed by atoms with E-state index in [9.17, 15) is 4.79 Å². The lowest BCUT2D eigenvalue weighted by Gasteiger charge is -2.27. The van der Waals surface area contributed by atoms with E-state index in [4.69, 9.17) is 10.5 Å². The predicted octanol–water partition coefficient (Wildman–Crippen LogP) is 1.76. The maximum absolute atomic E-state index is 12.8. The van der Waals surface area contributed by atoms with Crippen molar-refractivity contribution in [1.29, 1.82) is 0 Å². The Bertz CT molecular complexity index is 873. The molecule has 0 radical (unpaired) electrons. The second-order valence-electron chi connectivity index (χ2n) is 8.04. The summed E-state index contributed by atoms with van der Waals surface area (Å²) in [7, 11) is 5.41. The Labute approximate surface area is 184 Å². The Morgan fingerprint density at radius 2 is 1.87 bits per heavy atom. The van der Waals surface area contributed by atoms with E-state index in [1.165, 1.54) is 0 Å². The Kier molecular flexibility index (Phi) is 7.62. The van der Waals surface area contributed by atoms with E-state index in [1.807, 2.05) is 48.2 Å². The largest absolute Gasteiger partial charge is 0.497 e. The van der Waals surface area contributed by atoms with Crippen molar-refractivity contribution in [1.82, 2.24) is 24.8 Å². The lowest BCUT2D eigenvalue weighted by Crippen LogP contribution is -2.36. The highest BCUT2D eigenvalue weighted by Crippen LogP contribution is 2.21. The lowest BCUT2D eigenvalue weighted by molar-refractivity contribution is -0.131. The monoisotopic (exact) mass is 427 g/mol. The molecule has 1 aliphatic rings. The van der Waals surface area contributed by atoms with Gasteiger partial charge in [-0.25, -0.2) is 0 Å². The number of hydrogen-bond donors (Lipinski definition) is 1. The van der Waals surface area contributed by atoms with Gasteiger partial charge in [-0.15, -0.1) is 0 Å². The number of carbonyl (C=O) groups excluding carboxylic acids is 1. The third-order valence-corrected chi connectivity index (χ3v) is 5.65.